The first-order valence-electron chi connectivity index (χ1n) is 5.63. The number of aromatic nitrogens is 2. The molecule has 0 saturated heterocycles. The first-order valence-corrected chi connectivity index (χ1v) is 6.16. The summed E-state index contributed by atoms with van der Waals surface area (Å²) >= 11 is 5.98. The van der Waals surface area contributed by atoms with Crippen LogP contribution >= 0.6 is 11.6 Å². The van der Waals surface area contributed by atoms with Crippen molar-refractivity contribution >= 4 is 22.6 Å². The molecule has 0 fully saturated rings. The summed E-state index contributed by atoms with van der Waals surface area (Å²) in [6.45, 7) is 6.63. The molecule has 2 rings (SSSR count). The SMILES string of the molecule is CCC(C)(C)n1c(CCl)nc2ccccc21. The Morgan fingerprint density at radius 3 is 2.62 bits per heavy atom. The van der Waals surface area contributed by atoms with Gasteiger partial charge in [-0.3, -0.25) is 0 Å². The van der Waals surface area contributed by atoms with Crippen molar-refractivity contribution in [2.24, 2.45) is 0 Å². The highest BCUT2D eigenvalue weighted by atomic mass is 35.5. The number of imidazole rings is 1. The lowest BCUT2D eigenvalue weighted by molar-refractivity contribution is 0.344. The second-order valence-corrected chi connectivity index (χ2v) is 4.92. The van der Waals surface area contributed by atoms with Gasteiger partial charge in [-0.15, -0.1) is 11.6 Å². The number of hydrogen-bond donors (Lipinski definition) is 0. The highest BCUT2D eigenvalue weighted by Gasteiger charge is 2.23. The lowest BCUT2D eigenvalue weighted by Crippen LogP contribution is -2.26. The van der Waals surface area contributed by atoms with Gasteiger partial charge in [-0.2, -0.15) is 0 Å². The van der Waals surface area contributed by atoms with Crippen LogP contribution < -0.4 is 0 Å². The lowest BCUT2D eigenvalue weighted by atomic mass is 10.0. The van der Waals surface area contributed by atoms with Gasteiger partial charge in [-0.05, 0) is 32.4 Å². The third kappa shape index (κ3) is 1.71. The van der Waals surface area contributed by atoms with Crippen LogP contribution in [0.1, 0.15) is 33.0 Å². The maximum absolute atomic E-state index is 5.98. The fraction of sp³-hybridized carbons (Fsp3) is 0.462. The van der Waals surface area contributed by atoms with E-state index in [1.165, 1.54) is 5.52 Å². The van der Waals surface area contributed by atoms with E-state index in [2.05, 4.69) is 36.4 Å². The summed E-state index contributed by atoms with van der Waals surface area (Å²) in [6, 6.07) is 8.20. The molecule has 1 aromatic carbocycles. The summed E-state index contributed by atoms with van der Waals surface area (Å²) in [4.78, 5) is 4.58. The third-order valence-electron chi connectivity index (χ3n) is 3.22. The van der Waals surface area contributed by atoms with Crippen LogP contribution in [-0.4, -0.2) is 9.55 Å². The Kier molecular flexibility index (Phi) is 2.94. The van der Waals surface area contributed by atoms with E-state index in [0.29, 0.717) is 5.88 Å². The molecule has 2 aromatic rings. The van der Waals surface area contributed by atoms with Crippen LogP contribution in [0.25, 0.3) is 11.0 Å². The van der Waals surface area contributed by atoms with Crippen LogP contribution in [0.2, 0.25) is 0 Å². The molecule has 2 nitrogen and oxygen atoms in total. The number of rotatable bonds is 3. The van der Waals surface area contributed by atoms with E-state index in [9.17, 15) is 0 Å². The van der Waals surface area contributed by atoms with Crippen molar-refractivity contribution in [3.63, 3.8) is 0 Å². The summed E-state index contributed by atoms with van der Waals surface area (Å²) in [7, 11) is 0. The molecule has 0 amide bonds. The Hall–Kier alpha value is -1.02. The van der Waals surface area contributed by atoms with Crippen molar-refractivity contribution in [3.05, 3.63) is 30.1 Å². The van der Waals surface area contributed by atoms with Crippen LogP contribution in [0.15, 0.2) is 24.3 Å². The molecule has 3 heteroatoms. The largest absolute Gasteiger partial charge is 0.321 e. The second kappa shape index (κ2) is 4.10. The van der Waals surface area contributed by atoms with Crippen LogP contribution in [0.5, 0.6) is 0 Å². The minimum Gasteiger partial charge on any atom is -0.321 e. The van der Waals surface area contributed by atoms with E-state index in [4.69, 9.17) is 11.6 Å². The van der Waals surface area contributed by atoms with Crippen LogP contribution in [0.4, 0.5) is 0 Å². The normalized spacial score (nSPS) is 12.2. The number of fused-ring (bicyclic) bond motifs is 1. The van der Waals surface area contributed by atoms with Crippen LogP contribution in [0, 0.1) is 0 Å². The van der Waals surface area contributed by atoms with Gasteiger partial charge in [-0.1, -0.05) is 19.1 Å². The predicted octanol–water partition coefficient (Wildman–Crippen LogP) is 3.92. The van der Waals surface area contributed by atoms with Crippen molar-refractivity contribution in [3.8, 4) is 0 Å². The van der Waals surface area contributed by atoms with Gasteiger partial charge in [0.25, 0.3) is 0 Å². The maximum Gasteiger partial charge on any atom is 0.125 e. The molecular formula is C13H17ClN2. The van der Waals surface area contributed by atoms with E-state index in [1.807, 2.05) is 18.2 Å². The molecule has 0 aliphatic heterocycles. The van der Waals surface area contributed by atoms with E-state index < -0.39 is 0 Å². The van der Waals surface area contributed by atoms with E-state index in [1.54, 1.807) is 0 Å². The fourth-order valence-electron chi connectivity index (χ4n) is 2.00. The van der Waals surface area contributed by atoms with Gasteiger partial charge in [0.15, 0.2) is 0 Å². The van der Waals surface area contributed by atoms with Crippen molar-refractivity contribution in [2.45, 2.75) is 38.6 Å². The minimum atomic E-state index is 0.0559. The number of nitrogens with zero attached hydrogens (tertiary/aromatic N) is 2. The molecule has 0 aliphatic carbocycles. The second-order valence-electron chi connectivity index (χ2n) is 4.65. The standard InChI is InChI=1S/C13H17ClN2/c1-4-13(2,3)16-11-8-6-5-7-10(11)15-12(16)9-14/h5-8H,4,9H2,1-3H3. The quantitative estimate of drug-likeness (QED) is 0.739. The van der Waals surface area contributed by atoms with Crippen molar-refractivity contribution in [2.75, 3.05) is 0 Å². The zero-order chi connectivity index (χ0) is 11.8. The van der Waals surface area contributed by atoms with Gasteiger partial charge in [0.2, 0.25) is 0 Å². The number of benzene rings is 1. The molecule has 16 heavy (non-hydrogen) atoms. The highest BCUT2D eigenvalue weighted by molar-refractivity contribution is 6.16. The van der Waals surface area contributed by atoms with Gasteiger partial charge in [0, 0.05) is 5.54 Å². The molecule has 0 bridgehead atoms. The van der Waals surface area contributed by atoms with Gasteiger partial charge in [0.05, 0.1) is 16.9 Å². The summed E-state index contributed by atoms with van der Waals surface area (Å²) in [5.41, 5.74) is 2.25. The molecule has 0 radical (unpaired) electrons. The number of halogens is 1. The van der Waals surface area contributed by atoms with Crippen molar-refractivity contribution in [1.29, 1.82) is 0 Å². The topological polar surface area (TPSA) is 17.8 Å². The predicted molar refractivity (Wildman–Crippen MR) is 68.9 cm³/mol. The zero-order valence-electron chi connectivity index (χ0n) is 10.00. The molecule has 0 saturated carbocycles. The molecule has 0 aliphatic rings. The first kappa shape index (κ1) is 11.5. The van der Waals surface area contributed by atoms with Gasteiger partial charge < -0.3 is 4.57 Å². The van der Waals surface area contributed by atoms with E-state index >= 15 is 0 Å². The van der Waals surface area contributed by atoms with Crippen molar-refractivity contribution in [1.82, 2.24) is 9.55 Å². The molecule has 0 atom stereocenters. The molecular weight excluding hydrogens is 220 g/mol. The summed E-state index contributed by atoms with van der Waals surface area (Å²) < 4.78 is 2.26. The average molecular weight is 237 g/mol. The zero-order valence-corrected chi connectivity index (χ0v) is 10.8. The Morgan fingerprint density at radius 1 is 1.31 bits per heavy atom. The highest BCUT2D eigenvalue weighted by Crippen LogP contribution is 2.28. The Morgan fingerprint density at radius 2 is 2.00 bits per heavy atom. The molecule has 86 valence electrons. The Bertz CT molecular complexity index is 500. The monoisotopic (exact) mass is 236 g/mol. The molecule has 0 unspecified atom stereocenters. The fourth-order valence-corrected chi connectivity index (χ4v) is 2.18. The number of alkyl halides is 1. The summed E-state index contributed by atoms with van der Waals surface area (Å²) in [5.74, 6) is 1.41. The lowest BCUT2D eigenvalue weighted by Gasteiger charge is -2.27. The van der Waals surface area contributed by atoms with E-state index in [-0.39, 0.29) is 5.54 Å². The smallest absolute Gasteiger partial charge is 0.125 e. The van der Waals surface area contributed by atoms with Crippen molar-refractivity contribution < 1.29 is 0 Å². The third-order valence-corrected chi connectivity index (χ3v) is 3.46. The molecule has 0 N–H and O–H groups in total. The molecule has 1 aromatic heterocycles. The van der Waals surface area contributed by atoms with Gasteiger partial charge in [-0.25, -0.2) is 4.98 Å². The summed E-state index contributed by atoms with van der Waals surface area (Å²) in [6.07, 6.45) is 1.05. The Balaban J connectivity index is 2.74. The van der Waals surface area contributed by atoms with Gasteiger partial charge in [0.1, 0.15) is 5.82 Å². The van der Waals surface area contributed by atoms with Crippen LogP contribution in [0.3, 0.4) is 0 Å². The van der Waals surface area contributed by atoms with Gasteiger partial charge >= 0.3 is 0 Å². The maximum atomic E-state index is 5.98. The molecule has 1 heterocycles. The van der Waals surface area contributed by atoms with E-state index in [0.717, 1.165) is 17.8 Å². The number of hydrogen-bond acceptors (Lipinski definition) is 1. The first-order chi connectivity index (χ1) is 7.60. The minimum absolute atomic E-state index is 0.0559. The molecule has 0 spiro atoms. The number of para-hydroxylation sites is 2. The van der Waals surface area contributed by atoms with Crippen LogP contribution in [-0.2, 0) is 11.4 Å². The summed E-state index contributed by atoms with van der Waals surface area (Å²) in [5, 5.41) is 0. The Labute approximate surface area is 101 Å². The average Bonchev–Trinajstić information content (AvgIpc) is 2.67.